The monoisotopic (exact) mass is 510 g/mol. The van der Waals surface area contributed by atoms with E-state index in [0.29, 0.717) is 17.8 Å². The molecule has 3 aromatic carbocycles. The first-order valence-corrected chi connectivity index (χ1v) is 9.94. The molecule has 5 rings (SSSR count). The van der Waals surface area contributed by atoms with Crippen LogP contribution in [-0.4, -0.2) is 0 Å². The van der Waals surface area contributed by atoms with Crippen molar-refractivity contribution in [3.8, 4) is 11.1 Å². The molecule has 0 heterocycles. The summed E-state index contributed by atoms with van der Waals surface area (Å²) in [4.78, 5) is 0. The molecule has 2 atom stereocenters. The summed E-state index contributed by atoms with van der Waals surface area (Å²) in [5.74, 6) is 1.44. The predicted molar refractivity (Wildman–Crippen MR) is 129 cm³/mol. The maximum absolute atomic E-state index is 4.00. The smallest absolute Gasteiger partial charge is 0.0139 e. The summed E-state index contributed by atoms with van der Waals surface area (Å²) in [6, 6.07) is 26.9. The molecule has 2 aliphatic rings. The van der Waals surface area contributed by atoms with Crippen LogP contribution in [0.1, 0.15) is 46.9 Å². The number of hydrogen-bond donors (Lipinski definition) is 0. The van der Waals surface area contributed by atoms with E-state index in [4.69, 9.17) is 0 Å². The van der Waals surface area contributed by atoms with E-state index >= 15 is 0 Å². The van der Waals surface area contributed by atoms with Crippen molar-refractivity contribution < 1.29 is 26.2 Å². The Bertz CT molecular complexity index is 995. The van der Waals surface area contributed by atoms with E-state index in [9.17, 15) is 0 Å². The van der Waals surface area contributed by atoms with Gasteiger partial charge < -0.3 is 0 Å². The minimum Gasteiger partial charge on any atom is -0.147 e. The maximum atomic E-state index is 4.00. The molecule has 0 nitrogen and oxygen atoms in total. The first-order valence-electron chi connectivity index (χ1n) is 9.94. The standard InChI is InChI=1S/C27H24.2ClH.Zr/c1-2-3-11-24(23-18-17-19-10-4-5-12-20(19)23)27-25-15-8-6-13-21(25)22-14-7-9-16-26(22)27;;;/h2,4-10,12-18,23-24,27H,1,3,11H2;2*1H;. The molecule has 152 valence electrons. The van der Waals surface area contributed by atoms with Gasteiger partial charge in [0.05, 0.1) is 0 Å². The zero-order valence-corrected chi connectivity index (χ0v) is 20.9. The molecular weight excluding hydrogens is 486 g/mol. The average Bonchev–Trinajstić information content (AvgIpc) is 3.29. The van der Waals surface area contributed by atoms with Gasteiger partial charge in [-0.05, 0) is 52.1 Å². The number of allylic oxidation sites excluding steroid dienone is 2. The second kappa shape index (κ2) is 10.8. The van der Waals surface area contributed by atoms with Crippen molar-refractivity contribution >= 4 is 30.9 Å². The summed E-state index contributed by atoms with van der Waals surface area (Å²) in [7, 11) is 0. The molecule has 0 saturated carbocycles. The van der Waals surface area contributed by atoms with Crippen molar-refractivity contribution in [2.75, 3.05) is 0 Å². The van der Waals surface area contributed by atoms with Crippen molar-refractivity contribution in [2.45, 2.75) is 24.7 Å². The van der Waals surface area contributed by atoms with Crippen molar-refractivity contribution in [2.24, 2.45) is 5.92 Å². The molecule has 0 bridgehead atoms. The Morgan fingerprint density at radius 3 is 1.90 bits per heavy atom. The molecule has 0 aliphatic heterocycles. The van der Waals surface area contributed by atoms with E-state index in [1.54, 1.807) is 0 Å². The first-order chi connectivity index (χ1) is 13.4. The Labute approximate surface area is 211 Å². The van der Waals surface area contributed by atoms with E-state index in [-0.39, 0.29) is 51.0 Å². The van der Waals surface area contributed by atoms with Gasteiger partial charge >= 0.3 is 0 Å². The number of benzene rings is 3. The summed E-state index contributed by atoms with van der Waals surface area (Å²) in [5, 5.41) is 0. The third-order valence-corrected chi connectivity index (χ3v) is 6.31. The first kappa shape index (κ1) is 24.9. The van der Waals surface area contributed by atoms with Gasteiger partial charge in [0.25, 0.3) is 0 Å². The quantitative estimate of drug-likeness (QED) is 0.304. The van der Waals surface area contributed by atoms with Crippen LogP contribution in [0.2, 0.25) is 0 Å². The van der Waals surface area contributed by atoms with Gasteiger partial charge in [0, 0.05) is 38.0 Å². The molecule has 3 heteroatoms. The molecule has 0 N–H and O–H groups in total. The van der Waals surface area contributed by atoms with Gasteiger partial charge in [-0.15, -0.1) is 31.4 Å². The fourth-order valence-corrected chi connectivity index (χ4v) is 5.17. The molecule has 3 aromatic rings. The Balaban J connectivity index is 0.00000107. The second-order valence-corrected chi connectivity index (χ2v) is 7.70. The van der Waals surface area contributed by atoms with Gasteiger partial charge in [-0.2, -0.15) is 0 Å². The zero-order valence-electron chi connectivity index (χ0n) is 16.8. The van der Waals surface area contributed by atoms with Crippen LogP contribution in [0.5, 0.6) is 0 Å². The van der Waals surface area contributed by atoms with Gasteiger partial charge in [-0.1, -0.05) is 91.0 Å². The normalized spacial score (nSPS) is 16.2. The molecule has 2 unspecified atom stereocenters. The van der Waals surface area contributed by atoms with Crippen molar-refractivity contribution in [3.05, 3.63) is 114 Å². The van der Waals surface area contributed by atoms with Crippen LogP contribution in [-0.2, 0) is 26.2 Å². The van der Waals surface area contributed by atoms with Crippen LogP contribution in [0.15, 0.2) is 91.5 Å². The predicted octanol–water partition coefficient (Wildman–Crippen LogP) is 8.03. The summed E-state index contributed by atoms with van der Waals surface area (Å²) in [6.07, 6.45) is 9.03. The number of hydrogen-bond acceptors (Lipinski definition) is 0. The van der Waals surface area contributed by atoms with E-state index in [2.05, 4.69) is 97.6 Å². The maximum Gasteiger partial charge on any atom is 0.0139 e. The van der Waals surface area contributed by atoms with E-state index in [1.165, 1.54) is 33.4 Å². The van der Waals surface area contributed by atoms with Crippen LogP contribution < -0.4 is 0 Å². The van der Waals surface area contributed by atoms with E-state index in [0.717, 1.165) is 12.8 Å². The van der Waals surface area contributed by atoms with Gasteiger partial charge in [-0.3, -0.25) is 0 Å². The molecule has 0 fully saturated rings. The van der Waals surface area contributed by atoms with Crippen LogP contribution in [0, 0.1) is 5.92 Å². The third-order valence-electron chi connectivity index (χ3n) is 6.31. The Kier molecular flexibility index (Phi) is 8.92. The minimum absolute atomic E-state index is 0. The topological polar surface area (TPSA) is 0 Å². The Hall–Kier alpha value is -1.40. The fourth-order valence-electron chi connectivity index (χ4n) is 5.17. The second-order valence-electron chi connectivity index (χ2n) is 7.70. The molecule has 2 aliphatic carbocycles. The van der Waals surface area contributed by atoms with Crippen LogP contribution >= 0.6 is 24.8 Å². The molecule has 0 aromatic heterocycles. The molecule has 0 radical (unpaired) electrons. The third kappa shape index (κ3) is 4.18. The average molecular weight is 513 g/mol. The van der Waals surface area contributed by atoms with Gasteiger partial charge in [0.15, 0.2) is 0 Å². The summed E-state index contributed by atoms with van der Waals surface area (Å²) in [6.45, 7) is 4.00. The molecule has 0 saturated heterocycles. The fraction of sp³-hybridized carbons (Fsp3) is 0.185. The Morgan fingerprint density at radius 2 is 1.30 bits per heavy atom. The molecule has 30 heavy (non-hydrogen) atoms. The zero-order chi connectivity index (χ0) is 18.2. The summed E-state index contributed by atoms with van der Waals surface area (Å²) < 4.78 is 0. The van der Waals surface area contributed by atoms with Gasteiger partial charge in [0.1, 0.15) is 0 Å². The van der Waals surface area contributed by atoms with Crippen molar-refractivity contribution in [1.29, 1.82) is 0 Å². The van der Waals surface area contributed by atoms with E-state index < -0.39 is 0 Å². The van der Waals surface area contributed by atoms with Crippen molar-refractivity contribution in [1.82, 2.24) is 0 Å². The van der Waals surface area contributed by atoms with Gasteiger partial charge in [-0.25, -0.2) is 0 Å². The SMILES string of the molecule is C=CCCC(C1C=Cc2ccccc21)C1c2ccccc2-c2ccccc21.Cl.Cl.[Zr]. The number of halogens is 2. The molecule has 0 amide bonds. The largest absolute Gasteiger partial charge is 0.147 e. The van der Waals surface area contributed by atoms with Crippen LogP contribution in [0.3, 0.4) is 0 Å². The number of fused-ring (bicyclic) bond motifs is 4. The van der Waals surface area contributed by atoms with Crippen LogP contribution in [0.25, 0.3) is 17.2 Å². The Morgan fingerprint density at radius 1 is 0.767 bits per heavy atom. The van der Waals surface area contributed by atoms with Crippen molar-refractivity contribution in [3.63, 3.8) is 0 Å². The summed E-state index contributed by atoms with van der Waals surface area (Å²) >= 11 is 0. The summed E-state index contributed by atoms with van der Waals surface area (Å²) in [5.41, 5.74) is 8.67. The molecule has 0 spiro atoms. The van der Waals surface area contributed by atoms with Crippen LogP contribution in [0.4, 0.5) is 0 Å². The minimum atomic E-state index is 0. The number of rotatable bonds is 5. The van der Waals surface area contributed by atoms with E-state index in [1.807, 2.05) is 0 Å². The molecular formula is C27H26Cl2Zr. The van der Waals surface area contributed by atoms with Gasteiger partial charge in [0.2, 0.25) is 0 Å².